The van der Waals surface area contributed by atoms with Crippen molar-refractivity contribution in [1.29, 1.82) is 0 Å². The molecule has 3 atom stereocenters. The maximum Gasteiger partial charge on any atom is 0.273 e. The lowest BCUT2D eigenvalue weighted by Crippen LogP contribution is -2.39. The fraction of sp³-hybridized carbons (Fsp3) is 0.421. The van der Waals surface area contributed by atoms with Crippen LogP contribution in [0.5, 0.6) is 0 Å². The van der Waals surface area contributed by atoms with E-state index in [1.165, 1.54) is 30.6 Å². The molecule has 0 N–H and O–H groups in total. The second kappa shape index (κ2) is 7.36. The molecule has 142 valence electrons. The van der Waals surface area contributed by atoms with Crippen LogP contribution in [0.25, 0.3) is 0 Å². The molecular weight excluding hydrogens is 369 g/mol. The van der Waals surface area contributed by atoms with Crippen molar-refractivity contribution in [2.75, 3.05) is 33.4 Å². The normalized spacial score (nSPS) is 24.3. The number of nitrogens with zero attached hydrogens (tertiary/aromatic N) is 3. The molecule has 6 nitrogen and oxygen atoms in total. The van der Waals surface area contributed by atoms with Gasteiger partial charge in [0.2, 0.25) is 5.91 Å². The minimum atomic E-state index is -0.330. The highest BCUT2D eigenvalue weighted by molar-refractivity contribution is 7.07. The molecule has 2 aliphatic heterocycles. The number of amides is 2. The van der Waals surface area contributed by atoms with E-state index in [1.54, 1.807) is 26.8 Å². The number of rotatable bonds is 4. The van der Waals surface area contributed by atoms with Crippen molar-refractivity contribution in [3.05, 3.63) is 52.2 Å². The van der Waals surface area contributed by atoms with E-state index < -0.39 is 0 Å². The van der Waals surface area contributed by atoms with E-state index >= 15 is 0 Å². The molecule has 2 fully saturated rings. The van der Waals surface area contributed by atoms with Gasteiger partial charge in [-0.25, -0.2) is 9.37 Å². The first-order chi connectivity index (χ1) is 13.1. The standard InChI is InChI=1S/C19H20FN3O3S/c1-26-9-17(24)23-7-13-6-22(19(25)16-10-27-11-21-16)8-15(13)18(23)12-3-2-4-14(20)5-12/h2-5,10-11,13,15,18H,6-9H2,1H3/t13-,15-,18+/m1/s1. The summed E-state index contributed by atoms with van der Waals surface area (Å²) in [5.74, 6) is -0.308. The Hall–Kier alpha value is -2.32. The average molecular weight is 389 g/mol. The smallest absolute Gasteiger partial charge is 0.273 e. The number of carbonyl (C=O) groups is 2. The highest BCUT2D eigenvalue weighted by Gasteiger charge is 2.50. The summed E-state index contributed by atoms with van der Waals surface area (Å²) in [5.41, 5.74) is 2.86. The van der Waals surface area contributed by atoms with E-state index in [4.69, 9.17) is 4.74 Å². The molecule has 2 aliphatic rings. The summed E-state index contributed by atoms with van der Waals surface area (Å²) in [7, 11) is 1.49. The van der Waals surface area contributed by atoms with Crippen LogP contribution in [0.2, 0.25) is 0 Å². The maximum atomic E-state index is 13.8. The van der Waals surface area contributed by atoms with Gasteiger partial charge in [-0.2, -0.15) is 0 Å². The Morgan fingerprint density at radius 1 is 1.33 bits per heavy atom. The Kier molecular flexibility index (Phi) is 4.92. The monoisotopic (exact) mass is 389 g/mol. The molecule has 2 amide bonds. The summed E-state index contributed by atoms with van der Waals surface area (Å²) in [6.45, 7) is 1.63. The molecule has 0 radical (unpaired) electrons. The highest BCUT2D eigenvalue weighted by Crippen LogP contribution is 2.45. The Morgan fingerprint density at radius 3 is 2.89 bits per heavy atom. The zero-order valence-corrected chi connectivity index (χ0v) is 15.7. The quantitative estimate of drug-likeness (QED) is 0.804. The summed E-state index contributed by atoms with van der Waals surface area (Å²) in [5, 5.41) is 1.74. The van der Waals surface area contributed by atoms with Crippen LogP contribution in [0.4, 0.5) is 4.39 Å². The number of likely N-dealkylation sites (tertiary alicyclic amines) is 2. The number of carbonyl (C=O) groups excluding carboxylic acids is 2. The summed E-state index contributed by atoms with van der Waals surface area (Å²) in [4.78, 5) is 32.9. The van der Waals surface area contributed by atoms with Crippen molar-refractivity contribution >= 4 is 23.2 Å². The first kappa shape index (κ1) is 18.1. The minimum absolute atomic E-state index is 0.00722. The van der Waals surface area contributed by atoms with Gasteiger partial charge in [0.05, 0.1) is 11.6 Å². The van der Waals surface area contributed by atoms with Gasteiger partial charge in [0, 0.05) is 44.0 Å². The molecule has 0 saturated carbocycles. The highest BCUT2D eigenvalue weighted by atomic mass is 32.1. The molecule has 0 spiro atoms. The van der Waals surface area contributed by atoms with Crippen LogP contribution in [0, 0.1) is 17.7 Å². The average Bonchev–Trinajstić information content (AvgIpc) is 3.37. The predicted molar refractivity (Wildman–Crippen MR) is 97.7 cm³/mol. The molecule has 27 heavy (non-hydrogen) atoms. The molecular formula is C19H20FN3O3S. The van der Waals surface area contributed by atoms with Gasteiger partial charge in [-0.05, 0) is 17.7 Å². The number of fused-ring (bicyclic) bond motifs is 1. The third-order valence-electron chi connectivity index (χ3n) is 5.38. The van der Waals surface area contributed by atoms with Crippen LogP contribution in [-0.2, 0) is 9.53 Å². The molecule has 3 heterocycles. The fourth-order valence-electron chi connectivity index (χ4n) is 4.27. The Morgan fingerprint density at radius 2 is 2.19 bits per heavy atom. The van der Waals surface area contributed by atoms with Gasteiger partial charge in [0.15, 0.2) is 0 Å². The van der Waals surface area contributed by atoms with Crippen LogP contribution in [0.3, 0.4) is 0 Å². The third-order valence-corrected chi connectivity index (χ3v) is 5.97. The molecule has 0 aliphatic carbocycles. The second-order valence-corrected chi connectivity index (χ2v) is 7.71. The van der Waals surface area contributed by atoms with Gasteiger partial charge in [0.25, 0.3) is 5.91 Å². The SMILES string of the molecule is COCC(=O)N1C[C@H]2CN(C(=O)c3cscn3)C[C@H]2[C@@H]1c1cccc(F)c1. The van der Waals surface area contributed by atoms with E-state index in [1.807, 2.05) is 6.07 Å². The van der Waals surface area contributed by atoms with Gasteiger partial charge in [-0.3, -0.25) is 9.59 Å². The molecule has 4 rings (SSSR count). The first-order valence-corrected chi connectivity index (χ1v) is 9.74. The van der Waals surface area contributed by atoms with Crippen LogP contribution >= 0.6 is 11.3 Å². The Bertz CT molecular complexity index is 844. The zero-order chi connectivity index (χ0) is 19.0. The number of methoxy groups -OCH3 is 1. The lowest BCUT2D eigenvalue weighted by molar-refractivity contribution is -0.136. The van der Waals surface area contributed by atoms with Gasteiger partial charge in [0.1, 0.15) is 18.1 Å². The van der Waals surface area contributed by atoms with Crippen molar-refractivity contribution in [3.63, 3.8) is 0 Å². The van der Waals surface area contributed by atoms with Crippen LogP contribution in [0.15, 0.2) is 35.2 Å². The Labute approximate surface area is 160 Å². The van der Waals surface area contributed by atoms with Crippen LogP contribution < -0.4 is 0 Å². The van der Waals surface area contributed by atoms with E-state index in [2.05, 4.69) is 4.98 Å². The summed E-state index contributed by atoms with van der Waals surface area (Å²) in [6, 6.07) is 6.11. The number of hydrogen-bond donors (Lipinski definition) is 0. The topological polar surface area (TPSA) is 62.7 Å². The molecule has 1 aromatic carbocycles. The van der Waals surface area contributed by atoms with Crippen LogP contribution in [0.1, 0.15) is 22.1 Å². The number of benzene rings is 1. The second-order valence-electron chi connectivity index (χ2n) is 6.99. The third kappa shape index (κ3) is 3.35. The van der Waals surface area contributed by atoms with Gasteiger partial charge in [-0.15, -0.1) is 11.3 Å². The fourth-order valence-corrected chi connectivity index (χ4v) is 4.80. The van der Waals surface area contributed by atoms with Crippen LogP contribution in [-0.4, -0.2) is 59.9 Å². The number of ether oxygens (including phenoxy) is 1. The van der Waals surface area contributed by atoms with Crippen molar-refractivity contribution in [2.24, 2.45) is 11.8 Å². The number of halogens is 1. The Balaban J connectivity index is 1.61. The minimum Gasteiger partial charge on any atom is -0.375 e. The van der Waals surface area contributed by atoms with Gasteiger partial charge in [-0.1, -0.05) is 12.1 Å². The molecule has 0 unspecified atom stereocenters. The van der Waals surface area contributed by atoms with Gasteiger partial charge >= 0.3 is 0 Å². The molecule has 0 bridgehead atoms. The predicted octanol–water partition coefficient (Wildman–Crippen LogP) is 2.20. The summed E-state index contributed by atoms with van der Waals surface area (Å²) < 4.78 is 18.8. The van der Waals surface area contributed by atoms with Crippen molar-refractivity contribution in [1.82, 2.24) is 14.8 Å². The number of hydrogen-bond acceptors (Lipinski definition) is 5. The van der Waals surface area contributed by atoms with E-state index in [9.17, 15) is 14.0 Å². The summed E-state index contributed by atoms with van der Waals surface area (Å²) >= 11 is 1.39. The van der Waals surface area contributed by atoms with E-state index in [-0.39, 0.29) is 42.1 Å². The van der Waals surface area contributed by atoms with E-state index in [0.717, 1.165) is 5.56 Å². The number of aromatic nitrogens is 1. The molecule has 2 aromatic rings. The van der Waals surface area contributed by atoms with Gasteiger partial charge < -0.3 is 14.5 Å². The largest absolute Gasteiger partial charge is 0.375 e. The maximum absolute atomic E-state index is 13.8. The zero-order valence-electron chi connectivity index (χ0n) is 14.9. The molecule has 1 aromatic heterocycles. The molecule has 2 saturated heterocycles. The van der Waals surface area contributed by atoms with E-state index in [0.29, 0.717) is 25.3 Å². The lowest BCUT2D eigenvalue weighted by atomic mass is 9.89. The summed E-state index contributed by atoms with van der Waals surface area (Å²) in [6.07, 6.45) is 0. The first-order valence-electron chi connectivity index (χ1n) is 8.80. The van der Waals surface area contributed by atoms with Crippen molar-refractivity contribution in [3.8, 4) is 0 Å². The van der Waals surface area contributed by atoms with Crippen molar-refractivity contribution < 1.29 is 18.7 Å². The van der Waals surface area contributed by atoms with Crippen molar-refractivity contribution in [2.45, 2.75) is 6.04 Å². The number of thiazole rings is 1. The molecule has 8 heteroatoms. The lowest BCUT2D eigenvalue weighted by Gasteiger charge is -2.29.